The summed E-state index contributed by atoms with van der Waals surface area (Å²) in [7, 11) is 1.85. The standard InChI is InChI=1S/C20H26N2O/c1-3-4-15-18(21)20(23)22(2)19(16-11-7-5-8-12-16)17-13-9-6-10-14-17/h5-14,18-19H,3-4,15,21H2,1-2H3/t18-/m0/s1. The van der Waals surface area contributed by atoms with E-state index in [1.165, 1.54) is 0 Å². The Morgan fingerprint density at radius 2 is 1.48 bits per heavy atom. The van der Waals surface area contributed by atoms with E-state index >= 15 is 0 Å². The van der Waals surface area contributed by atoms with Crippen LogP contribution in [0, 0.1) is 0 Å². The lowest BCUT2D eigenvalue weighted by molar-refractivity contribution is -0.133. The zero-order valence-corrected chi connectivity index (χ0v) is 14.0. The minimum atomic E-state index is -0.435. The van der Waals surface area contributed by atoms with Gasteiger partial charge in [-0.05, 0) is 17.5 Å². The molecule has 0 aliphatic heterocycles. The molecule has 0 fully saturated rings. The number of nitrogens with two attached hydrogens (primary N) is 1. The highest BCUT2D eigenvalue weighted by Crippen LogP contribution is 2.28. The van der Waals surface area contributed by atoms with Crippen molar-refractivity contribution in [2.45, 2.75) is 38.3 Å². The number of hydrogen-bond donors (Lipinski definition) is 1. The van der Waals surface area contributed by atoms with Gasteiger partial charge in [-0.2, -0.15) is 0 Å². The fourth-order valence-electron chi connectivity index (χ4n) is 2.85. The van der Waals surface area contributed by atoms with Crippen molar-refractivity contribution in [3.63, 3.8) is 0 Å². The molecule has 1 atom stereocenters. The molecule has 0 saturated carbocycles. The van der Waals surface area contributed by atoms with E-state index in [0.29, 0.717) is 0 Å². The molecule has 0 radical (unpaired) electrons. The predicted octanol–water partition coefficient (Wildman–Crippen LogP) is 3.75. The van der Waals surface area contributed by atoms with Crippen LogP contribution in [0.1, 0.15) is 43.4 Å². The van der Waals surface area contributed by atoms with Crippen LogP contribution in [0.15, 0.2) is 60.7 Å². The Morgan fingerprint density at radius 3 is 1.91 bits per heavy atom. The Balaban J connectivity index is 2.29. The number of hydrogen-bond acceptors (Lipinski definition) is 2. The third kappa shape index (κ3) is 4.42. The third-order valence-corrected chi connectivity index (χ3v) is 4.15. The Morgan fingerprint density at radius 1 is 1.00 bits per heavy atom. The summed E-state index contributed by atoms with van der Waals surface area (Å²) in [5.41, 5.74) is 8.30. The van der Waals surface area contributed by atoms with Crippen LogP contribution in [0.3, 0.4) is 0 Å². The minimum absolute atomic E-state index is 0.00356. The van der Waals surface area contributed by atoms with Crippen molar-refractivity contribution in [1.82, 2.24) is 4.90 Å². The van der Waals surface area contributed by atoms with Gasteiger partial charge in [-0.3, -0.25) is 4.79 Å². The van der Waals surface area contributed by atoms with E-state index in [-0.39, 0.29) is 11.9 Å². The molecule has 0 aliphatic carbocycles. The van der Waals surface area contributed by atoms with Crippen molar-refractivity contribution in [3.8, 4) is 0 Å². The van der Waals surface area contributed by atoms with Crippen molar-refractivity contribution < 1.29 is 4.79 Å². The minimum Gasteiger partial charge on any atom is -0.333 e. The number of benzene rings is 2. The van der Waals surface area contributed by atoms with Crippen LogP contribution in [0.25, 0.3) is 0 Å². The first-order valence-corrected chi connectivity index (χ1v) is 8.27. The molecular formula is C20H26N2O. The summed E-state index contributed by atoms with van der Waals surface area (Å²) >= 11 is 0. The molecule has 0 saturated heterocycles. The fourth-order valence-corrected chi connectivity index (χ4v) is 2.85. The van der Waals surface area contributed by atoms with Gasteiger partial charge in [-0.1, -0.05) is 80.4 Å². The lowest BCUT2D eigenvalue weighted by Gasteiger charge is -2.31. The topological polar surface area (TPSA) is 46.3 Å². The maximum absolute atomic E-state index is 12.7. The van der Waals surface area contributed by atoms with E-state index in [9.17, 15) is 4.79 Å². The summed E-state index contributed by atoms with van der Waals surface area (Å²) in [5.74, 6) is -0.00356. The Kier molecular flexibility index (Phi) is 6.36. The Labute approximate surface area is 139 Å². The molecule has 0 bridgehead atoms. The molecule has 2 aromatic rings. The zero-order valence-electron chi connectivity index (χ0n) is 14.0. The van der Waals surface area contributed by atoms with Crippen molar-refractivity contribution in [1.29, 1.82) is 0 Å². The molecule has 122 valence electrons. The third-order valence-electron chi connectivity index (χ3n) is 4.15. The zero-order chi connectivity index (χ0) is 16.7. The summed E-state index contributed by atoms with van der Waals surface area (Å²) in [5, 5.41) is 0. The maximum Gasteiger partial charge on any atom is 0.240 e. The van der Waals surface area contributed by atoms with Gasteiger partial charge in [0.25, 0.3) is 0 Å². The van der Waals surface area contributed by atoms with Gasteiger partial charge in [0.1, 0.15) is 0 Å². The molecule has 23 heavy (non-hydrogen) atoms. The molecule has 0 aliphatic rings. The van der Waals surface area contributed by atoms with Gasteiger partial charge < -0.3 is 10.6 Å². The highest BCUT2D eigenvalue weighted by molar-refractivity contribution is 5.82. The molecule has 2 aromatic carbocycles. The average Bonchev–Trinajstić information content (AvgIpc) is 2.61. The second-order valence-electron chi connectivity index (χ2n) is 5.92. The van der Waals surface area contributed by atoms with Crippen molar-refractivity contribution in [2.75, 3.05) is 7.05 Å². The van der Waals surface area contributed by atoms with Crippen LogP contribution in [0.4, 0.5) is 0 Å². The van der Waals surface area contributed by atoms with Gasteiger partial charge in [0.15, 0.2) is 0 Å². The number of rotatable bonds is 7. The fraction of sp³-hybridized carbons (Fsp3) is 0.350. The first-order valence-electron chi connectivity index (χ1n) is 8.27. The van der Waals surface area contributed by atoms with Crippen LogP contribution in [-0.4, -0.2) is 23.9 Å². The molecule has 0 spiro atoms. The van der Waals surface area contributed by atoms with Gasteiger partial charge in [-0.15, -0.1) is 0 Å². The van der Waals surface area contributed by atoms with Gasteiger partial charge in [0.05, 0.1) is 12.1 Å². The van der Waals surface area contributed by atoms with Gasteiger partial charge in [0, 0.05) is 7.05 Å². The van der Waals surface area contributed by atoms with E-state index in [4.69, 9.17) is 5.73 Å². The van der Waals surface area contributed by atoms with Crippen LogP contribution in [0.5, 0.6) is 0 Å². The normalized spacial score (nSPS) is 12.2. The summed E-state index contributed by atoms with van der Waals surface area (Å²) in [6.45, 7) is 2.11. The second kappa shape index (κ2) is 8.49. The molecular weight excluding hydrogens is 284 g/mol. The van der Waals surface area contributed by atoms with E-state index in [1.807, 2.05) is 43.4 Å². The lowest BCUT2D eigenvalue weighted by Crippen LogP contribution is -2.43. The lowest BCUT2D eigenvalue weighted by atomic mass is 9.96. The van der Waals surface area contributed by atoms with E-state index < -0.39 is 6.04 Å². The molecule has 0 aromatic heterocycles. The number of amides is 1. The SMILES string of the molecule is CCCC[C@H](N)C(=O)N(C)C(c1ccccc1)c1ccccc1. The number of nitrogens with zero attached hydrogens (tertiary/aromatic N) is 1. The summed E-state index contributed by atoms with van der Waals surface area (Å²) in [6.07, 6.45) is 2.75. The first kappa shape index (κ1) is 17.2. The monoisotopic (exact) mass is 310 g/mol. The van der Waals surface area contributed by atoms with E-state index in [1.54, 1.807) is 4.90 Å². The molecule has 2 N–H and O–H groups in total. The maximum atomic E-state index is 12.7. The Hall–Kier alpha value is -2.13. The summed E-state index contributed by atoms with van der Waals surface area (Å²) in [4.78, 5) is 14.5. The molecule has 0 unspecified atom stereocenters. The summed E-state index contributed by atoms with van der Waals surface area (Å²) < 4.78 is 0. The highest BCUT2D eigenvalue weighted by atomic mass is 16.2. The van der Waals surface area contributed by atoms with Gasteiger partial charge in [0.2, 0.25) is 5.91 Å². The van der Waals surface area contributed by atoms with Crippen LogP contribution in [0.2, 0.25) is 0 Å². The number of unbranched alkanes of at least 4 members (excludes halogenated alkanes) is 1. The molecule has 3 nitrogen and oxygen atoms in total. The molecule has 1 amide bonds. The second-order valence-corrected chi connectivity index (χ2v) is 5.92. The highest BCUT2D eigenvalue weighted by Gasteiger charge is 2.26. The van der Waals surface area contributed by atoms with Gasteiger partial charge in [-0.25, -0.2) is 0 Å². The van der Waals surface area contributed by atoms with E-state index in [0.717, 1.165) is 30.4 Å². The van der Waals surface area contributed by atoms with Crippen molar-refractivity contribution in [2.24, 2.45) is 5.73 Å². The van der Waals surface area contributed by atoms with E-state index in [2.05, 4.69) is 31.2 Å². The smallest absolute Gasteiger partial charge is 0.240 e. The van der Waals surface area contributed by atoms with Crippen molar-refractivity contribution in [3.05, 3.63) is 71.8 Å². The quantitative estimate of drug-likeness (QED) is 0.846. The first-order chi connectivity index (χ1) is 11.1. The molecule has 2 rings (SSSR count). The number of carbonyl (C=O) groups excluding carboxylic acids is 1. The number of carbonyl (C=O) groups is 1. The Bertz CT molecular complexity index is 558. The van der Waals surface area contributed by atoms with Gasteiger partial charge >= 0.3 is 0 Å². The molecule has 3 heteroatoms. The summed E-state index contributed by atoms with van der Waals surface area (Å²) in [6, 6.07) is 19.6. The largest absolute Gasteiger partial charge is 0.333 e. The van der Waals surface area contributed by atoms with Crippen LogP contribution in [-0.2, 0) is 4.79 Å². The molecule has 0 heterocycles. The predicted molar refractivity (Wildman–Crippen MR) is 95.0 cm³/mol. The van der Waals surface area contributed by atoms with Crippen molar-refractivity contribution >= 4 is 5.91 Å². The van der Waals surface area contributed by atoms with Crippen LogP contribution < -0.4 is 5.73 Å². The number of likely N-dealkylation sites (N-methyl/N-ethyl adjacent to an activating group) is 1. The van der Waals surface area contributed by atoms with Crippen LogP contribution >= 0.6 is 0 Å². The average molecular weight is 310 g/mol.